The van der Waals surface area contributed by atoms with Crippen molar-refractivity contribution in [1.82, 2.24) is 5.32 Å². The Morgan fingerprint density at radius 2 is 2.05 bits per heavy atom. The van der Waals surface area contributed by atoms with Gasteiger partial charge in [0.2, 0.25) is 0 Å². The van der Waals surface area contributed by atoms with Crippen LogP contribution < -0.4 is 14.8 Å². The van der Waals surface area contributed by atoms with Gasteiger partial charge in [-0.15, -0.1) is 0 Å². The van der Waals surface area contributed by atoms with E-state index < -0.39 is 12.1 Å². The molecule has 0 spiro atoms. The molecule has 0 bridgehead atoms. The summed E-state index contributed by atoms with van der Waals surface area (Å²) in [4.78, 5) is 11.2. The van der Waals surface area contributed by atoms with Crippen LogP contribution in [0.5, 0.6) is 11.5 Å². The van der Waals surface area contributed by atoms with Crippen LogP contribution >= 0.6 is 0 Å². The van der Waals surface area contributed by atoms with Crippen LogP contribution in [0.2, 0.25) is 0 Å². The number of methoxy groups -OCH3 is 1. The molecule has 21 heavy (non-hydrogen) atoms. The molecule has 0 aromatic heterocycles. The average Bonchev–Trinajstić information content (AvgIpc) is 2.47. The lowest BCUT2D eigenvalue weighted by molar-refractivity contribution is -0.145. The van der Waals surface area contributed by atoms with Gasteiger partial charge in [-0.05, 0) is 37.6 Å². The van der Waals surface area contributed by atoms with Gasteiger partial charge in [0.15, 0.2) is 17.6 Å². The number of carboxylic acid groups (broad SMARTS) is 1. The summed E-state index contributed by atoms with van der Waals surface area (Å²) in [5, 5.41) is 12.5. The molecule has 0 aliphatic heterocycles. The van der Waals surface area contributed by atoms with E-state index in [1.165, 1.54) is 0 Å². The van der Waals surface area contributed by atoms with Crippen molar-refractivity contribution >= 4 is 5.97 Å². The molecule has 2 N–H and O–H groups in total. The zero-order valence-electron chi connectivity index (χ0n) is 13.2. The number of aliphatic carboxylic acids is 1. The molecule has 5 heteroatoms. The Morgan fingerprint density at radius 3 is 2.57 bits per heavy atom. The summed E-state index contributed by atoms with van der Waals surface area (Å²) < 4.78 is 10.9. The Labute approximate surface area is 126 Å². The third kappa shape index (κ3) is 4.93. The third-order valence-electron chi connectivity index (χ3n) is 3.29. The molecule has 0 saturated carbocycles. The zero-order chi connectivity index (χ0) is 15.8. The first-order valence-corrected chi connectivity index (χ1v) is 7.34. The number of ether oxygens (including phenoxy) is 2. The average molecular weight is 295 g/mol. The van der Waals surface area contributed by atoms with E-state index in [0.717, 1.165) is 18.5 Å². The Kier molecular flexibility index (Phi) is 7.02. The van der Waals surface area contributed by atoms with Gasteiger partial charge in [0.05, 0.1) is 7.11 Å². The second-order valence-corrected chi connectivity index (χ2v) is 4.92. The lowest BCUT2D eigenvalue weighted by Gasteiger charge is -2.19. The molecule has 118 valence electrons. The number of rotatable bonds is 9. The zero-order valence-corrected chi connectivity index (χ0v) is 13.2. The van der Waals surface area contributed by atoms with Crippen molar-refractivity contribution in [2.45, 2.75) is 45.8 Å². The molecule has 2 unspecified atom stereocenters. The molecular formula is C16H25NO4. The standard InChI is InChI=1S/C16H25NO4/c1-5-7-14(16(18)19)21-13-9-8-12(10-15(13)20-4)11(3)17-6-2/h8-11,14,17H,5-7H2,1-4H3,(H,18,19). The van der Waals surface area contributed by atoms with Crippen LogP contribution in [0.15, 0.2) is 18.2 Å². The van der Waals surface area contributed by atoms with Crippen LogP contribution in [0.3, 0.4) is 0 Å². The summed E-state index contributed by atoms with van der Waals surface area (Å²) in [5.41, 5.74) is 1.07. The molecule has 1 rings (SSSR count). The first kappa shape index (κ1) is 17.3. The first-order chi connectivity index (χ1) is 10.0. The molecule has 2 atom stereocenters. The van der Waals surface area contributed by atoms with Gasteiger partial charge in [-0.2, -0.15) is 0 Å². The van der Waals surface area contributed by atoms with E-state index in [-0.39, 0.29) is 6.04 Å². The van der Waals surface area contributed by atoms with Gasteiger partial charge in [0.25, 0.3) is 0 Å². The van der Waals surface area contributed by atoms with Crippen LogP contribution in [-0.2, 0) is 4.79 Å². The van der Waals surface area contributed by atoms with Gasteiger partial charge in [0, 0.05) is 6.04 Å². The predicted molar refractivity (Wildman–Crippen MR) is 82.0 cm³/mol. The second-order valence-electron chi connectivity index (χ2n) is 4.92. The summed E-state index contributed by atoms with van der Waals surface area (Å²) in [6.45, 7) is 6.92. The van der Waals surface area contributed by atoms with Crippen molar-refractivity contribution in [2.24, 2.45) is 0 Å². The smallest absolute Gasteiger partial charge is 0.344 e. The summed E-state index contributed by atoms with van der Waals surface area (Å²) in [6, 6.07) is 5.78. The fourth-order valence-corrected chi connectivity index (χ4v) is 2.12. The highest BCUT2D eigenvalue weighted by atomic mass is 16.5. The Bertz CT molecular complexity index is 462. The molecule has 0 aliphatic rings. The normalized spacial score (nSPS) is 13.5. The van der Waals surface area contributed by atoms with E-state index in [4.69, 9.17) is 14.6 Å². The molecule has 0 saturated heterocycles. The van der Waals surface area contributed by atoms with E-state index in [9.17, 15) is 4.79 Å². The summed E-state index contributed by atoms with van der Waals surface area (Å²) in [5.74, 6) is 0.0643. The number of nitrogens with one attached hydrogen (secondary N) is 1. The fraction of sp³-hybridized carbons (Fsp3) is 0.562. The highest BCUT2D eigenvalue weighted by molar-refractivity contribution is 5.72. The maximum atomic E-state index is 11.2. The second kappa shape index (κ2) is 8.52. The number of hydrogen-bond donors (Lipinski definition) is 2. The maximum Gasteiger partial charge on any atom is 0.344 e. The third-order valence-corrected chi connectivity index (χ3v) is 3.29. The number of carboxylic acids is 1. The van der Waals surface area contributed by atoms with Gasteiger partial charge in [0.1, 0.15) is 0 Å². The number of hydrogen-bond acceptors (Lipinski definition) is 4. The summed E-state index contributed by atoms with van der Waals surface area (Å²) >= 11 is 0. The van der Waals surface area contributed by atoms with E-state index in [2.05, 4.69) is 12.2 Å². The van der Waals surface area contributed by atoms with Crippen LogP contribution in [0.1, 0.15) is 45.2 Å². The van der Waals surface area contributed by atoms with Gasteiger partial charge < -0.3 is 19.9 Å². The molecule has 0 aliphatic carbocycles. The molecule has 5 nitrogen and oxygen atoms in total. The minimum absolute atomic E-state index is 0.198. The van der Waals surface area contributed by atoms with Crippen molar-refractivity contribution in [3.8, 4) is 11.5 Å². The molecule has 1 aromatic carbocycles. The minimum Gasteiger partial charge on any atom is -0.493 e. The van der Waals surface area contributed by atoms with E-state index in [1.54, 1.807) is 13.2 Å². The molecule has 0 amide bonds. The molecule has 0 heterocycles. The number of benzene rings is 1. The molecular weight excluding hydrogens is 270 g/mol. The number of carbonyl (C=O) groups is 1. The SMILES string of the molecule is CCCC(Oc1ccc(C(C)NCC)cc1OC)C(=O)O. The first-order valence-electron chi connectivity index (χ1n) is 7.34. The topological polar surface area (TPSA) is 67.8 Å². The lowest BCUT2D eigenvalue weighted by Crippen LogP contribution is -2.27. The van der Waals surface area contributed by atoms with Crippen LogP contribution in [-0.4, -0.2) is 30.8 Å². The van der Waals surface area contributed by atoms with Gasteiger partial charge in [-0.1, -0.05) is 26.3 Å². The van der Waals surface area contributed by atoms with Crippen molar-refractivity contribution in [2.75, 3.05) is 13.7 Å². The summed E-state index contributed by atoms with van der Waals surface area (Å²) in [6.07, 6.45) is 0.365. The quantitative estimate of drug-likeness (QED) is 0.733. The lowest BCUT2D eigenvalue weighted by atomic mass is 10.1. The van der Waals surface area contributed by atoms with E-state index in [0.29, 0.717) is 17.9 Å². The monoisotopic (exact) mass is 295 g/mol. The van der Waals surface area contributed by atoms with E-state index >= 15 is 0 Å². The van der Waals surface area contributed by atoms with Crippen molar-refractivity contribution in [1.29, 1.82) is 0 Å². The minimum atomic E-state index is -0.955. The van der Waals surface area contributed by atoms with E-state index in [1.807, 2.05) is 26.0 Å². The van der Waals surface area contributed by atoms with Gasteiger partial charge >= 0.3 is 5.97 Å². The van der Waals surface area contributed by atoms with Crippen molar-refractivity contribution in [3.63, 3.8) is 0 Å². The predicted octanol–water partition coefficient (Wildman–Crippen LogP) is 3.00. The van der Waals surface area contributed by atoms with Crippen LogP contribution in [0, 0.1) is 0 Å². The molecule has 0 radical (unpaired) electrons. The van der Waals surface area contributed by atoms with Crippen molar-refractivity contribution in [3.05, 3.63) is 23.8 Å². The van der Waals surface area contributed by atoms with Crippen molar-refractivity contribution < 1.29 is 19.4 Å². The molecule has 0 fully saturated rings. The highest BCUT2D eigenvalue weighted by Gasteiger charge is 2.20. The highest BCUT2D eigenvalue weighted by Crippen LogP contribution is 2.31. The maximum absolute atomic E-state index is 11.2. The van der Waals surface area contributed by atoms with Crippen LogP contribution in [0.4, 0.5) is 0 Å². The summed E-state index contributed by atoms with van der Waals surface area (Å²) in [7, 11) is 1.56. The Balaban J connectivity index is 2.94. The van der Waals surface area contributed by atoms with Gasteiger partial charge in [-0.3, -0.25) is 0 Å². The van der Waals surface area contributed by atoms with Crippen LogP contribution in [0.25, 0.3) is 0 Å². The Morgan fingerprint density at radius 1 is 1.33 bits per heavy atom. The largest absolute Gasteiger partial charge is 0.493 e. The van der Waals surface area contributed by atoms with Gasteiger partial charge in [-0.25, -0.2) is 4.79 Å². The Hall–Kier alpha value is -1.75. The fourth-order valence-electron chi connectivity index (χ4n) is 2.12. The molecule has 1 aromatic rings.